The van der Waals surface area contributed by atoms with Crippen molar-refractivity contribution in [2.75, 3.05) is 6.54 Å². The lowest BCUT2D eigenvalue weighted by molar-refractivity contribution is -0.120. The molecule has 7 heteroatoms. The Morgan fingerprint density at radius 3 is 2.41 bits per heavy atom. The van der Waals surface area contributed by atoms with E-state index in [2.05, 4.69) is 43.3 Å². The molecule has 0 unspecified atom stereocenters. The zero-order valence-corrected chi connectivity index (χ0v) is 16.9. The van der Waals surface area contributed by atoms with Crippen LogP contribution in [0.15, 0.2) is 38.3 Å². The Balaban J connectivity index is 1.74. The van der Waals surface area contributed by atoms with Gasteiger partial charge >= 0.3 is 5.69 Å². The Morgan fingerprint density at radius 1 is 1.11 bits per heavy atom. The van der Waals surface area contributed by atoms with Gasteiger partial charge in [-0.05, 0) is 37.5 Å². The van der Waals surface area contributed by atoms with Crippen LogP contribution in [0.2, 0.25) is 0 Å². The van der Waals surface area contributed by atoms with Crippen LogP contribution in [0.3, 0.4) is 0 Å². The summed E-state index contributed by atoms with van der Waals surface area (Å²) >= 11 is 3.48. The van der Waals surface area contributed by atoms with Crippen LogP contribution in [0.4, 0.5) is 0 Å². The maximum Gasteiger partial charge on any atom is 0.325 e. The van der Waals surface area contributed by atoms with Crippen molar-refractivity contribution in [2.24, 2.45) is 0 Å². The molecule has 6 nitrogen and oxygen atoms in total. The summed E-state index contributed by atoms with van der Waals surface area (Å²) in [7, 11) is 0. The molecule has 3 rings (SSSR count). The third kappa shape index (κ3) is 4.58. The molecule has 1 aromatic heterocycles. The summed E-state index contributed by atoms with van der Waals surface area (Å²) in [5.41, 5.74) is 0.835. The predicted octanol–water partition coefficient (Wildman–Crippen LogP) is 2.69. The highest BCUT2D eigenvalue weighted by Gasteiger charge is 2.34. The standard InChI is InChI=1S/C20H24BrN3O3/c1-13-16(18(26)24-19(27)23-13)11-17(25)22-12-20(9-3-2-4-10-20)14-5-7-15(21)8-6-14/h5-8H,2-4,9-12H2,1H3,(H,22,25)(H2,23,24,26,27). The SMILES string of the molecule is Cc1[nH]c(=O)[nH]c(=O)c1CC(=O)NCC1(c2ccc(Br)cc2)CCCCC1. The Hall–Kier alpha value is -2.15. The molecule has 0 aliphatic heterocycles. The molecule has 144 valence electrons. The van der Waals surface area contributed by atoms with Gasteiger partial charge < -0.3 is 10.3 Å². The molecule has 27 heavy (non-hydrogen) atoms. The Bertz CT molecular complexity index is 925. The monoisotopic (exact) mass is 433 g/mol. The van der Waals surface area contributed by atoms with E-state index in [1.54, 1.807) is 6.92 Å². The minimum absolute atomic E-state index is 0.0473. The fraction of sp³-hybridized carbons (Fsp3) is 0.450. The van der Waals surface area contributed by atoms with Crippen molar-refractivity contribution < 1.29 is 4.79 Å². The van der Waals surface area contributed by atoms with Crippen molar-refractivity contribution in [3.8, 4) is 0 Å². The van der Waals surface area contributed by atoms with Crippen LogP contribution in [0.1, 0.15) is 48.9 Å². The smallest absolute Gasteiger partial charge is 0.325 e. The number of amides is 1. The summed E-state index contributed by atoms with van der Waals surface area (Å²) in [5.74, 6) is -0.210. The second kappa shape index (κ2) is 8.25. The lowest BCUT2D eigenvalue weighted by Gasteiger charge is -2.38. The number of H-pyrrole nitrogens is 2. The van der Waals surface area contributed by atoms with E-state index < -0.39 is 11.2 Å². The Labute approximate surface area is 165 Å². The Morgan fingerprint density at radius 2 is 1.78 bits per heavy atom. The van der Waals surface area contributed by atoms with Crippen molar-refractivity contribution >= 4 is 21.8 Å². The second-order valence-corrected chi connectivity index (χ2v) is 8.23. The van der Waals surface area contributed by atoms with E-state index in [0.29, 0.717) is 17.8 Å². The van der Waals surface area contributed by atoms with Gasteiger partial charge in [-0.2, -0.15) is 0 Å². The van der Waals surface area contributed by atoms with Crippen molar-refractivity contribution in [3.05, 3.63) is 66.4 Å². The van der Waals surface area contributed by atoms with Gasteiger partial charge in [0, 0.05) is 27.7 Å². The minimum atomic E-state index is -0.557. The van der Waals surface area contributed by atoms with Gasteiger partial charge in [-0.1, -0.05) is 47.3 Å². The van der Waals surface area contributed by atoms with Crippen molar-refractivity contribution in [1.82, 2.24) is 15.3 Å². The summed E-state index contributed by atoms with van der Waals surface area (Å²) in [6, 6.07) is 8.32. The highest BCUT2D eigenvalue weighted by molar-refractivity contribution is 9.10. The van der Waals surface area contributed by atoms with Gasteiger partial charge in [-0.25, -0.2) is 4.79 Å². The zero-order chi connectivity index (χ0) is 19.4. The van der Waals surface area contributed by atoms with Gasteiger partial charge in [0.1, 0.15) is 0 Å². The van der Waals surface area contributed by atoms with Crippen LogP contribution >= 0.6 is 15.9 Å². The maximum atomic E-state index is 12.5. The average molecular weight is 434 g/mol. The number of halogens is 1. The number of aryl methyl sites for hydroxylation is 1. The number of nitrogens with one attached hydrogen (secondary N) is 3. The molecule has 0 saturated heterocycles. The summed E-state index contributed by atoms with van der Waals surface area (Å²) in [6.07, 6.45) is 5.53. The molecular formula is C20H24BrN3O3. The molecule has 0 bridgehead atoms. The summed E-state index contributed by atoms with van der Waals surface area (Å²) in [6.45, 7) is 2.18. The number of carbonyl (C=O) groups excluding carboxylic acids is 1. The molecule has 3 N–H and O–H groups in total. The molecule has 1 fully saturated rings. The summed E-state index contributed by atoms with van der Waals surface area (Å²) in [4.78, 5) is 40.5. The largest absolute Gasteiger partial charge is 0.355 e. The van der Waals surface area contributed by atoms with Crippen molar-refractivity contribution in [2.45, 2.75) is 50.9 Å². The van der Waals surface area contributed by atoms with Crippen LogP contribution in [0.5, 0.6) is 0 Å². The lowest BCUT2D eigenvalue weighted by atomic mass is 9.69. The first-order chi connectivity index (χ1) is 12.9. The van der Waals surface area contributed by atoms with Crippen LogP contribution in [-0.4, -0.2) is 22.4 Å². The van der Waals surface area contributed by atoms with Crippen LogP contribution in [0, 0.1) is 6.92 Å². The number of hydrogen-bond donors (Lipinski definition) is 3. The first-order valence-corrected chi connectivity index (χ1v) is 10.0. The fourth-order valence-corrected chi connectivity index (χ4v) is 4.19. The first-order valence-electron chi connectivity index (χ1n) is 9.24. The van der Waals surface area contributed by atoms with Gasteiger partial charge in [0.15, 0.2) is 0 Å². The maximum absolute atomic E-state index is 12.5. The number of aromatic nitrogens is 2. The number of carbonyl (C=O) groups is 1. The van der Waals surface area contributed by atoms with E-state index in [9.17, 15) is 14.4 Å². The van der Waals surface area contributed by atoms with Gasteiger partial charge in [0.2, 0.25) is 5.91 Å². The van der Waals surface area contributed by atoms with Crippen molar-refractivity contribution in [3.63, 3.8) is 0 Å². The first kappa shape index (κ1) is 19.6. The minimum Gasteiger partial charge on any atom is -0.355 e. The quantitative estimate of drug-likeness (QED) is 0.676. The normalized spacial score (nSPS) is 16.1. The van der Waals surface area contributed by atoms with Gasteiger partial charge in [0.05, 0.1) is 6.42 Å². The molecule has 1 amide bonds. The highest BCUT2D eigenvalue weighted by Crippen LogP contribution is 2.39. The van der Waals surface area contributed by atoms with Gasteiger partial charge in [-0.3, -0.25) is 14.6 Å². The molecule has 0 spiro atoms. The Kier molecular flexibility index (Phi) is 5.99. The van der Waals surface area contributed by atoms with E-state index in [1.165, 1.54) is 12.0 Å². The second-order valence-electron chi connectivity index (χ2n) is 7.31. The number of aromatic amines is 2. The van der Waals surface area contributed by atoms with E-state index in [0.717, 1.165) is 30.2 Å². The van der Waals surface area contributed by atoms with E-state index in [4.69, 9.17) is 0 Å². The molecule has 1 aliphatic carbocycles. The van der Waals surface area contributed by atoms with Crippen LogP contribution in [-0.2, 0) is 16.6 Å². The molecule has 1 aliphatic rings. The summed E-state index contributed by atoms with van der Waals surface area (Å²) in [5, 5.41) is 3.03. The highest BCUT2D eigenvalue weighted by atomic mass is 79.9. The molecule has 0 atom stereocenters. The number of hydrogen-bond acceptors (Lipinski definition) is 3. The van der Waals surface area contributed by atoms with E-state index >= 15 is 0 Å². The molecular weight excluding hydrogens is 410 g/mol. The molecule has 1 saturated carbocycles. The number of benzene rings is 1. The summed E-state index contributed by atoms with van der Waals surface area (Å²) < 4.78 is 1.04. The van der Waals surface area contributed by atoms with Gasteiger partial charge in [-0.15, -0.1) is 0 Å². The molecule has 1 heterocycles. The predicted molar refractivity (Wildman–Crippen MR) is 108 cm³/mol. The average Bonchev–Trinajstić information content (AvgIpc) is 2.64. The third-order valence-electron chi connectivity index (χ3n) is 5.48. The van der Waals surface area contributed by atoms with Gasteiger partial charge in [0.25, 0.3) is 5.56 Å². The van der Waals surface area contributed by atoms with Crippen LogP contribution in [0.25, 0.3) is 0 Å². The fourth-order valence-electron chi connectivity index (χ4n) is 3.93. The van der Waals surface area contributed by atoms with E-state index in [1.807, 2.05) is 12.1 Å². The van der Waals surface area contributed by atoms with Crippen molar-refractivity contribution in [1.29, 1.82) is 0 Å². The van der Waals surface area contributed by atoms with Crippen LogP contribution < -0.4 is 16.6 Å². The topological polar surface area (TPSA) is 94.8 Å². The van der Waals surface area contributed by atoms with E-state index in [-0.39, 0.29) is 17.7 Å². The third-order valence-corrected chi connectivity index (χ3v) is 6.01. The molecule has 1 aromatic carbocycles. The molecule has 0 radical (unpaired) electrons. The molecule has 2 aromatic rings. The number of rotatable bonds is 5. The zero-order valence-electron chi connectivity index (χ0n) is 15.4. The lowest BCUT2D eigenvalue weighted by Crippen LogP contribution is -2.43.